The minimum Gasteiger partial charge on any atom is -0.493 e. The summed E-state index contributed by atoms with van der Waals surface area (Å²) in [5, 5.41) is 2.34. The van der Waals surface area contributed by atoms with E-state index in [1.165, 1.54) is 5.39 Å². The molecule has 2 heteroatoms. The van der Waals surface area contributed by atoms with E-state index in [1.54, 1.807) is 0 Å². The van der Waals surface area contributed by atoms with Gasteiger partial charge in [-0.05, 0) is 18.4 Å². The first kappa shape index (κ1) is 11.7. The molecule has 2 aromatic carbocycles. The lowest BCUT2D eigenvalue weighted by atomic mass is 10.0. The molecule has 19 heavy (non-hydrogen) atoms. The third kappa shape index (κ3) is 2.17. The normalized spacial score (nSPS) is 10.6. The van der Waals surface area contributed by atoms with E-state index in [9.17, 15) is 0 Å². The van der Waals surface area contributed by atoms with Crippen LogP contribution < -0.4 is 4.74 Å². The number of hydrogen-bond donors (Lipinski definition) is 0. The zero-order chi connectivity index (χ0) is 13.1. The molecule has 0 bridgehead atoms. The van der Waals surface area contributed by atoms with Crippen molar-refractivity contribution in [2.75, 3.05) is 6.61 Å². The van der Waals surface area contributed by atoms with Crippen LogP contribution in [0.4, 0.5) is 0 Å². The van der Waals surface area contributed by atoms with Crippen molar-refractivity contribution < 1.29 is 4.74 Å². The number of pyridine rings is 1. The molecule has 0 fully saturated rings. The van der Waals surface area contributed by atoms with Gasteiger partial charge in [-0.25, -0.2) is 0 Å². The minimum absolute atomic E-state index is 0.662. The second-order valence-corrected chi connectivity index (χ2v) is 4.34. The first-order valence-corrected chi connectivity index (χ1v) is 6.45. The van der Waals surface area contributed by atoms with Gasteiger partial charge >= 0.3 is 0 Å². The molecule has 0 N–H and O–H groups in total. The average Bonchev–Trinajstić information content (AvgIpc) is 2.48. The van der Waals surface area contributed by atoms with Gasteiger partial charge < -0.3 is 4.74 Å². The van der Waals surface area contributed by atoms with Crippen molar-refractivity contribution >= 4 is 10.8 Å². The highest BCUT2D eigenvalue weighted by Crippen LogP contribution is 2.34. The van der Waals surface area contributed by atoms with Crippen LogP contribution in [0.2, 0.25) is 0 Å². The standard InChI is InChI=1S/C17H15NO/c1-2-19-17-10-6-5-9-15(17)16-12-18-11-13-7-3-4-8-14(13)16/h3-12H,2H2,1H3. The first-order chi connectivity index (χ1) is 9.40. The van der Waals surface area contributed by atoms with E-state index < -0.39 is 0 Å². The molecule has 0 aliphatic rings. The maximum Gasteiger partial charge on any atom is 0.127 e. The van der Waals surface area contributed by atoms with Gasteiger partial charge in [0.15, 0.2) is 0 Å². The monoisotopic (exact) mass is 249 g/mol. The number of fused-ring (bicyclic) bond motifs is 1. The second-order valence-electron chi connectivity index (χ2n) is 4.34. The van der Waals surface area contributed by atoms with E-state index in [0.717, 1.165) is 22.3 Å². The number of para-hydroxylation sites is 1. The lowest BCUT2D eigenvalue weighted by Crippen LogP contribution is -1.94. The fraction of sp³-hybridized carbons (Fsp3) is 0.118. The van der Waals surface area contributed by atoms with Gasteiger partial charge in [-0.1, -0.05) is 42.5 Å². The summed E-state index contributed by atoms with van der Waals surface area (Å²) in [6.45, 7) is 2.66. The molecule has 0 spiro atoms. The van der Waals surface area contributed by atoms with Gasteiger partial charge in [0.2, 0.25) is 0 Å². The Morgan fingerprint density at radius 2 is 1.68 bits per heavy atom. The van der Waals surface area contributed by atoms with Gasteiger partial charge in [0.1, 0.15) is 5.75 Å². The Kier molecular flexibility index (Phi) is 3.15. The Hall–Kier alpha value is -2.35. The van der Waals surface area contributed by atoms with Gasteiger partial charge in [-0.2, -0.15) is 0 Å². The molecule has 0 radical (unpaired) electrons. The minimum atomic E-state index is 0.662. The average molecular weight is 249 g/mol. The molecule has 0 amide bonds. The predicted molar refractivity (Wildman–Crippen MR) is 78.3 cm³/mol. The van der Waals surface area contributed by atoms with Crippen LogP contribution in [0.3, 0.4) is 0 Å². The molecule has 1 aromatic heterocycles. The van der Waals surface area contributed by atoms with Crippen LogP contribution in [0.1, 0.15) is 6.92 Å². The molecule has 2 nitrogen and oxygen atoms in total. The number of nitrogens with zero attached hydrogens (tertiary/aromatic N) is 1. The summed E-state index contributed by atoms with van der Waals surface area (Å²) >= 11 is 0. The summed E-state index contributed by atoms with van der Waals surface area (Å²) in [6, 6.07) is 16.4. The SMILES string of the molecule is CCOc1ccccc1-c1cncc2ccccc12. The molecule has 94 valence electrons. The highest BCUT2D eigenvalue weighted by Gasteiger charge is 2.09. The zero-order valence-corrected chi connectivity index (χ0v) is 10.8. The molecular weight excluding hydrogens is 234 g/mol. The summed E-state index contributed by atoms with van der Waals surface area (Å²) in [7, 11) is 0. The van der Waals surface area contributed by atoms with Crippen molar-refractivity contribution in [1.82, 2.24) is 4.98 Å². The number of aromatic nitrogens is 1. The van der Waals surface area contributed by atoms with Gasteiger partial charge in [-0.15, -0.1) is 0 Å². The molecule has 0 aliphatic heterocycles. The fourth-order valence-electron chi connectivity index (χ4n) is 2.30. The maximum absolute atomic E-state index is 5.71. The van der Waals surface area contributed by atoms with Crippen molar-refractivity contribution in [2.24, 2.45) is 0 Å². The van der Waals surface area contributed by atoms with Crippen molar-refractivity contribution in [3.63, 3.8) is 0 Å². The lowest BCUT2D eigenvalue weighted by molar-refractivity contribution is 0.341. The van der Waals surface area contributed by atoms with Crippen LogP contribution in [0.15, 0.2) is 60.9 Å². The predicted octanol–water partition coefficient (Wildman–Crippen LogP) is 4.30. The molecular formula is C17H15NO. The molecule has 3 rings (SSSR count). The van der Waals surface area contributed by atoms with E-state index >= 15 is 0 Å². The molecule has 0 unspecified atom stereocenters. The van der Waals surface area contributed by atoms with Crippen molar-refractivity contribution in [3.8, 4) is 16.9 Å². The quantitative estimate of drug-likeness (QED) is 0.690. The van der Waals surface area contributed by atoms with Crippen LogP contribution in [0.25, 0.3) is 21.9 Å². The summed E-state index contributed by atoms with van der Waals surface area (Å²) in [4.78, 5) is 4.33. The maximum atomic E-state index is 5.71. The summed E-state index contributed by atoms with van der Waals surface area (Å²) in [6.07, 6.45) is 3.79. The molecule has 3 aromatic rings. The van der Waals surface area contributed by atoms with E-state index in [4.69, 9.17) is 4.74 Å². The second kappa shape index (κ2) is 5.11. The van der Waals surface area contributed by atoms with Gasteiger partial charge in [0.05, 0.1) is 6.61 Å². The van der Waals surface area contributed by atoms with Gasteiger partial charge in [0.25, 0.3) is 0 Å². The Labute approximate surface area is 112 Å². The molecule has 0 saturated heterocycles. The Morgan fingerprint density at radius 1 is 0.895 bits per heavy atom. The zero-order valence-electron chi connectivity index (χ0n) is 10.8. The number of hydrogen-bond acceptors (Lipinski definition) is 2. The Morgan fingerprint density at radius 3 is 2.58 bits per heavy atom. The van der Waals surface area contributed by atoms with Crippen molar-refractivity contribution in [3.05, 3.63) is 60.9 Å². The smallest absolute Gasteiger partial charge is 0.127 e. The summed E-state index contributed by atoms with van der Waals surface area (Å²) in [5.41, 5.74) is 2.20. The summed E-state index contributed by atoms with van der Waals surface area (Å²) in [5.74, 6) is 0.906. The third-order valence-electron chi connectivity index (χ3n) is 3.15. The Bertz CT molecular complexity index is 701. The third-order valence-corrected chi connectivity index (χ3v) is 3.15. The first-order valence-electron chi connectivity index (χ1n) is 6.45. The van der Waals surface area contributed by atoms with E-state index in [2.05, 4.69) is 29.2 Å². The molecule has 0 aliphatic carbocycles. The molecule has 0 atom stereocenters. The summed E-state index contributed by atoms with van der Waals surface area (Å²) < 4.78 is 5.71. The van der Waals surface area contributed by atoms with Crippen LogP contribution in [-0.2, 0) is 0 Å². The number of ether oxygens (including phenoxy) is 1. The number of rotatable bonds is 3. The van der Waals surface area contributed by atoms with Crippen LogP contribution >= 0.6 is 0 Å². The molecule has 0 saturated carbocycles. The number of benzene rings is 2. The highest BCUT2D eigenvalue weighted by atomic mass is 16.5. The lowest BCUT2D eigenvalue weighted by Gasteiger charge is -2.11. The van der Waals surface area contributed by atoms with E-state index in [0.29, 0.717) is 6.61 Å². The van der Waals surface area contributed by atoms with Crippen LogP contribution in [0.5, 0.6) is 5.75 Å². The fourth-order valence-corrected chi connectivity index (χ4v) is 2.30. The van der Waals surface area contributed by atoms with Crippen molar-refractivity contribution in [1.29, 1.82) is 0 Å². The van der Waals surface area contributed by atoms with Crippen LogP contribution in [-0.4, -0.2) is 11.6 Å². The highest BCUT2D eigenvalue weighted by molar-refractivity contribution is 5.97. The van der Waals surface area contributed by atoms with Gasteiger partial charge in [-0.3, -0.25) is 4.98 Å². The van der Waals surface area contributed by atoms with Gasteiger partial charge in [0, 0.05) is 28.9 Å². The topological polar surface area (TPSA) is 22.1 Å². The van der Waals surface area contributed by atoms with Crippen molar-refractivity contribution in [2.45, 2.75) is 6.92 Å². The van der Waals surface area contributed by atoms with Crippen LogP contribution in [0, 0.1) is 0 Å². The van der Waals surface area contributed by atoms with E-state index in [-0.39, 0.29) is 0 Å². The van der Waals surface area contributed by atoms with E-state index in [1.807, 2.05) is 43.6 Å². The Balaban J connectivity index is 2.25. The largest absolute Gasteiger partial charge is 0.493 e. The molecule has 1 heterocycles.